The quantitative estimate of drug-likeness (QED) is 0.797. The van der Waals surface area contributed by atoms with Gasteiger partial charge >= 0.3 is 0 Å². The zero-order valence-electron chi connectivity index (χ0n) is 10.6. The van der Waals surface area contributed by atoms with Crippen LogP contribution in [0.3, 0.4) is 0 Å². The number of hydrogen-bond donors (Lipinski definition) is 1. The molecule has 2 aliphatic heterocycles. The van der Waals surface area contributed by atoms with Gasteiger partial charge in [-0.15, -0.1) is 0 Å². The van der Waals surface area contributed by atoms with Crippen LogP contribution >= 0.6 is 0 Å². The minimum Gasteiger partial charge on any atom is -0.302 e. The predicted molar refractivity (Wildman–Crippen MR) is 68.0 cm³/mol. The average Bonchev–Trinajstić information content (AvgIpc) is 2.82. The molecule has 0 aliphatic carbocycles. The number of rotatable bonds is 4. The lowest BCUT2D eigenvalue weighted by atomic mass is 10.0. The normalized spacial score (nSPS) is 28.6. The van der Waals surface area contributed by atoms with Crippen LogP contribution in [0.4, 0.5) is 0 Å². The van der Waals surface area contributed by atoms with Gasteiger partial charge in [0.2, 0.25) is 0 Å². The maximum atomic E-state index is 12.0. The second-order valence-corrected chi connectivity index (χ2v) is 6.85. The van der Waals surface area contributed by atoms with Crippen LogP contribution in [-0.2, 0) is 10.2 Å². The van der Waals surface area contributed by atoms with Gasteiger partial charge in [0, 0.05) is 25.7 Å². The van der Waals surface area contributed by atoms with Crippen molar-refractivity contribution in [1.82, 2.24) is 13.9 Å². The molecule has 2 fully saturated rings. The van der Waals surface area contributed by atoms with E-state index in [1.54, 1.807) is 4.31 Å². The second-order valence-electron chi connectivity index (χ2n) is 5.09. The summed E-state index contributed by atoms with van der Waals surface area (Å²) in [6.45, 7) is 2.98. The number of nitrogens with one attached hydrogen (secondary N) is 1. The molecule has 0 radical (unpaired) electrons. The molecule has 5 nitrogen and oxygen atoms in total. The van der Waals surface area contributed by atoms with E-state index >= 15 is 0 Å². The molecular formula is C11H23N3O2S. The van der Waals surface area contributed by atoms with Gasteiger partial charge in [0.05, 0.1) is 0 Å². The number of nitrogens with zero attached hydrogens (tertiary/aromatic N) is 2. The van der Waals surface area contributed by atoms with Gasteiger partial charge in [-0.25, -0.2) is 4.72 Å². The zero-order valence-corrected chi connectivity index (χ0v) is 11.4. The smallest absolute Gasteiger partial charge is 0.279 e. The van der Waals surface area contributed by atoms with E-state index in [0.717, 1.165) is 25.8 Å². The van der Waals surface area contributed by atoms with Gasteiger partial charge in [-0.3, -0.25) is 0 Å². The van der Waals surface area contributed by atoms with Crippen molar-refractivity contribution >= 4 is 10.2 Å². The Hall–Kier alpha value is -0.170. The summed E-state index contributed by atoms with van der Waals surface area (Å²) in [5.41, 5.74) is 0. The largest absolute Gasteiger partial charge is 0.302 e. The van der Waals surface area contributed by atoms with E-state index in [2.05, 4.69) is 16.7 Å². The van der Waals surface area contributed by atoms with E-state index in [1.165, 1.54) is 12.8 Å². The number of piperidine rings is 1. The Morgan fingerprint density at radius 2 is 1.76 bits per heavy atom. The van der Waals surface area contributed by atoms with Crippen LogP contribution in [0.2, 0.25) is 0 Å². The van der Waals surface area contributed by atoms with E-state index in [4.69, 9.17) is 0 Å². The molecule has 0 bridgehead atoms. The molecule has 2 saturated heterocycles. The second kappa shape index (κ2) is 5.65. The van der Waals surface area contributed by atoms with Crippen molar-refractivity contribution in [3.8, 4) is 0 Å². The summed E-state index contributed by atoms with van der Waals surface area (Å²) in [7, 11) is -1.15. The van der Waals surface area contributed by atoms with Crippen LogP contribution in [0, 0.1) is 0 Å². The minimum atomic E-state index is -3.23. The molecule has 1 N–H and O–H groups in total. The molecule has 17 heavy (non-hydrogen) atoms. The third kappa shape index (κ3) is 3.40. The van der Waals surface area contributed by atoms with Crippen molar-refractivity contribution in [2.45, 2.75) is 38.1 Å². The van der Waals surface area contributed by atoms with Crippen molar-refractivity contribution in [3.05, 3.63) is 0 Å². The molecule has 0 aromatic heterocycles. The summed E-state index contributed by atoms with van der Waals surface area (Å²) in [6, 6.07) is 0.362. The molecule has 1 atom stereocenters. The highest BCUT2D eigenvalue weighted by Crippen LogP contribution is 2.15. The number of likely N-dealkylation sites (tertiary alicyclic amines) is 1. The van der Waals surface area contributed by atoms with Gasteiger partial charge in [-0.05, 0) is 39.3 Å². The molecule has 0 spiro atoms. The van der Waals surface area contributed by atoms with E-state index in [1.807, 2.05) is 0 Å². The standard InChI is InChI=1S/C11H23N3O2S/c1-13-7-3-2-6-11(13)10-12-17(15,16)14-8-4-5-9-14/h11-12H,2-10H2,1H3/t11-/m1/s1. The first-order valence-electron chi connectivity index (χ1n) is 6.54. The van der Waals surface area contributed by atoms with Gasteiger partial charge in [-0.2, -0.15) is 12.7 Å². The predicted octanol–water partition coefficient (Wildman–Crippen LogP) is 0.401. The molecule has 0 saturated carbocycles. The van der Waals surface area contributed by atoms with Crippen LogP contribution in [0.25, 0.3) is 0 Å². The maximum Gasteiger partial charge on any atom is 0.279 e. The van der Waals surface area contributed by atoms with Crippen molar-refractivity contribution in [1.29, 1.82) is 0 Å². The first-order chi connectivity index (χ1) is 8.09. The molecular weight excluding hydrogens is 238 g/mol. The first kappa shape index (κ1) is 13.3. The highest BCUT2D eigenvalue weighted by Gasteiger charge is 2.27. The summed E-state index contributed by atoms with van der Waals surface area (Å²) < 4.78 is 28.3. The fraction of sp³-hybridized carbons (Fsp3) is 1.00. The van der Waals surface area contributed by atoms with Gasteiger partial charge in [0.25, 0.3) is 10.2 Å². The molecule has 0 aromatic rings. The molecule has 0 amide bonds. The topological polar surface area (TPSA) is 52.7 Å². The molecule has 2 aliphatic rings. The summed E-state index contributed by atoms with van der Waals surface area (Å²) >= 11 is 0. The van der Waals surface area contributed by atoms with Crippen LogP contribution in [0.1, 0.15) is 32.1 Å². The van der Waals surface area contributed by atoms with Crippen LogP contribution in [0.5, 0.6) is 0 Å². The van der Waals surface area contributed by atoms with Crippen LogP contribution in [-0.4, -0.2) is 56.9 Å². The van der Waals surface area contributed by atoms with Crippen molar-refractivity contribution in [2.75, 3.05) is 33.2 Å². The van der Waals surface area contributed by atoms with Gasteiger partial charge < -0.3 is 4.90 Å². The Morgan fingerprint density at radius 3 is 2.41 bits per heavy atom. The molecule has 6 heteroatoms. The monoisotopic (exact) mass is 261 g/mol. The Bertz CT molecular complexity index is 339. The number of hydrogen-bond acceptors (Lipinski definition) is 3. The molecule has 0 aromatic carbocycles. The Kier molecular flexibility index (Phi) is 4.41. The Labute approximate surface area is 104 Å². The van der Waals surface area contributed by atoms with Crippen LogP contribution in [0.15, 0.2) is 0 Å². The first-order valence-corrected chi connectivity index (χ1v) is 7.98. The molecule has 2 heterocycles. The third-order valence-corrected chi connectivity index (χ3v) is 5.40. The van der Waals surface area contributed by atoms with Crippen molar-refractivity contribution in [2.24, 2.45) is 0 Å². The van der Waals surface area contributed by atoms with E-state index in [-0.39, 0.29) is 0 Å². The van der Waals surface area contributed by atoms with E-state index in [0.29, 0.717) is 25.7 Å². The summed E-state index contributed by atoms with van der Waals surface area (Å²) in [5.74, 6) is 0. The van der Waals surface area contributed by atoms with Crippen LogP contribution < -0.4 is 4.72 Å². The van der Waals surface area contributed by atoms with E-state index < -0.39 is 10.2 Å². The number of likely N-dealkylation sites (N-methyl/N-ethyl adjacent to an activating group) is 1. The van der Waals surface area contributed by atoms with E-state index in [9.17, 15) is 8.42 Å². The summed E-state index contributed by atoms with van der Waals surface area (Å²) in [6.07, 6.45) is 5.51. The Morgan fingerprint density at radius 1 is 1.12 bits per heavy atom. The van der Waals surface area contributed by atoms with Crippen molar-refractivity contribution < 1.29 is 8.42 Å². The third-order valence-electron chi connectivity index (χ3n) is 3.83. The molecule has 0 unspecified atom stereocenters. The molecule has 2 rings (SSSR count). The minimum absolute atomic E-state index is 0.362. The fourth-order valence-electron chi connectivity index (χ4n) is 2.62. The van der Waals surface area contributed by atoms with Crippen molar-refractivity contribution in [3.63, 3.8) is 0 Å². The average molecular weight is 261 g/mol. The highest BCUT2D eigenvalue weighted by atomic mass is 32.2. The summed E-state index contributed by atoms with van der Waals surface area (Å²) in [4.78, 5) is 2.26. The SMILES string of the molecule is CN1CCCC[C@@H]1CNS(=O)(=O)N1CCCC1. The van der Waals surface area contributed by atoms with Gasteiger partial charge in [-0.1, -0.05) is 6.42 Å². The van der Waals surface area contributed by atoms with Gasteiger partial charge in [0.1, 0.15) is 0 Å². The summed E-state index contributed by atoms with van der Waals surface area (Å²) in [5, 5.41) is 0. The lowest BCUT2D eigenvalue weighted by Gasteiger charge is -2.32. The maximum absolute atomic E-state index is 12.0. The molecule has 100 valence electrons. The fourth-order valence-corrected chi connectivity index (χ4v) is 3.95. The lowest BCUT2D eigenvalue weighted by Crippen LogP contribution is -2.47. The zero-order chi connectivity index (χ0) is 12.3. The van der Waals surface area contributed by atoms with Gasteiger partial charge in [0.15, 0.2) is 0 Å². The Balaban J connectivity index is 1.84. The highest BCUT2D eigenvalue weighted by molar-refractivity contribution is 7.87. The lowest BCUT2D eigenvalue weighted by molar-refractivity contribution is 0.187.